The maximum absolute atomic E-state index is 12.0. The quantitative estimate of drug-likeness (QED) is 0.717. The standard InChI is InChI=1S/C16H20N4O2S/c1-11(21)19-13-4-2-12(3-5-13)7-9-18-16(22)14-10-23-15(20-14)6-8-17/h2-5,10H,6-9,17H2,1H3,(H,18,22)(H,19,21). The van der Waals surface area contributed by atoms with Crippen molar-refractivity contribution >= 4 is 28.8 Å². The van der Waals surface area contributed by atoms with Gasteiger partial charge in [0.15, 0.2) is 0 Å². The van der Waals surface area contributed by atoms with Gasteiger partial charge in [0.2, 0.25) is 5.91 Å². The zero-order valence-electron chi connectivity index (χ0n) is 13.0. The molecule has 0 unspecified atom stereocenters. The third-order valence-corrected chi connectivity index (χ3v) is 4.02. The van der Waals surface area contributed by atoms with E-state index in [1.807, 2.05) is 24.3 Å². The summed E-state index contributed by atoms with van der Waals surface area (Å²) in [4.78, 5) is 27.2. The summed E-state index contributed by atoms with van der Waals surface area (Å²) >= 11 is 1.45. The summed E-state index contributed by atoms with van der Waals surface area (Å²) in [6.07, 6.45) is 1.41. The van der Waals surface area contributed by atoms with Crippen LogP contribution in [-0.4, -0.2) is 29.9 Å². The Bertz CT molecular complexity index is 667. The van der Waals surface area contributed by atoms with E-state index in [0.29, 0.717) is 31.6 Å². The fourth-order valence-corrected chi connectivity index (χ4v) is 2.82. The summed E-state index contributed by atoms with van der Waals surface area (Å²) in [7, 11) is 0. The minimum Gasteiger partial charge on any atom is -0.350 e. The first-order valence-corrected chi connectivity index (χ1v) is 8.25. The molecule has 0 atom stereocenters. The number of benzene rings is 1. The highest BCUT2D eigenvalue weighted by Gasteiger charge is 2.09. The van der Waals surface area contributed by atoms with E-state index in [9.17, 15) is 9.59 Å². The Labute approximate surface area is 139 Å². The molecule has 0 aliphatic heterocycles. The molecule has 0 radical (unpaired) electrons. The van der Waals surface area contributed by atoms with Crippen molar-refractivity contribution in [3.63, 3.8) is 0 Å². The van der Waals surface area contributed by atoms with E-state index in [-0.39, 0.29) is 11.8 Å². The summed E-state index contributed by atoms with van der Waals surface area (Å²) < 4.78 is 0. The van der Waals surface area contributed by atoms with Gasteiger partial charge >= 0.3 is 0 Å². The van der Waals surface area contributed by atoms with Crippen molar-refractivity contribution in [3.05, 3.63) is 45.9 Å². The molecule has 7 heteroatoms. The van der Waals surface area contributed by atoms with Crippen LogP contribution in [0.2, 0.25) is 0 Å². The van der Waals surface area contributed by atoms with Gasteiger partial charge in [0.05, 0.1) is 5.01 Å². The number of nitrogens with two attached hydrogens (primary N) is 1. The molecule has 4 N–H and O–H groups in total. The molecule has 2 aromatic rings. The first-order chi connectivity index (χ1) is 11.1. The normalized spacial score (nSPS) is 10.3. The lowest BCUT2D eigenvalue weighted by Gasteiger charge is -2.06. The number of rotatable bonds is 7. The Hall–Kier alpha value is -2.25. The predicted octanol–water partition coefficient (Wildman–Crippen LogP) is 1.58. The van der Waals surface area contributed by atoms with Crippen molar-refractivity contribution in [2.45, 2.75) is 19.8 Å². The van der Waals surface area contributed by atoms with E-state index in [1.165, 1.54) is 18.3 Å². The number of carbonyl (C=O) groups is 2. The van der Waals surface area contributed by atoms with E-state index >= 15 is 0 Å². The van der Waals surface area contributed by atoms with Crippen molar-refractivity contribution in [3.8, 4) is 0 Å². The summed E-state index contributed by atoms with van der Waals surface area (Å²) in [5.41, 5.74) is 7.76. The number of nitrogens with one attached hydrogen (secondary N) is 2. The van der Waals surface area contributed by atoms with Gasteiger partial charge in [-0.05, 0) is 30.7 Å². The molecular formula is C16H20N4O2S. The number of anilines is 1. The first kappa shape index (κ1) is 17.1. The highest BCUT2D eigenvalue weighted by atomic mass is 32.1. The molecule has 23 heavy (non-hydrogen) atoms. The molecule has 1 heterocycles. The summed E-state index contributed by atoms with van der Waals surface area (Å²) in [5.74, 6) is -0.262. The van der Waals surface area contributed by atoms with Crippen LogP contribution in [0.1, 0.15) is 28.0 Å². The lowest BCUT2D eigenvalue weighted by Crippen LogP contribution is -2.26. The number of carbonyl (C=O) groups excluding carboxylic acids is 2. The van der Waals surface area contributed by atoms with Crippen molar-refractivity contribution in [1.82, 2.24) is 10.3 Å². The number of hydrogen-bond donors (Lipinski definition) is 3. The maximum Gasteiger partial charge on any atom is 0.270 e. The van der Waals surface area contributed by atoms with E-state index in [2.05, 4.69) is 15.6 Å². The Morgan fingerprint density at radius 2 is 1.96 bits per heavy atom. The van der Waals surface area contributed by atoms with Crippen LogP contribution in [0.4, 0.5) is 5.69 Å². The number of nitrogens with zero attached hydrogens (tertiary/aromatic N) is 1. The second-order valence-corrected chi connectivity index (χ2v) is 5.99. The van der Waals surface area contributed by atoms with Gasteiger partial charge in [0, 0.05) is 31.0 Å². The lowest BCUT2D eigenvalue weighted by molar-refractivity contribution is -0.114. The zero-order valence-corrected chi connectivity index (χ0v) is 13.8. The molecular weight excluding hydrogens is 312 g/mol. The average Bonchev–Trinajstić information content (AvgIpc) is 2.97. The van der Waals surface area contributed by atoms with Gasteiger partial charge in [-0.1, -0.05) is 12.1 Å². The molecule has 0 aliphatic rings. The number of aromatic nitrogens is 1. The molecule has 122 valence electrons. The molecule has 1 aromatic heterocycles. The fraction of sp³-hybridized carbons (Fsp3) is 0.312. The van der Waals surface area contributed by atoms with Crippen LogP contribution in [0, 0.1) is 0 Å². The van der Waals surface area contributed by atoms with E-state index in [1.54, 1.807) is 5.38 Å². The summed E-state index contributed by atoms with van der Waals surface area (Å²) in [6.45, 7) is 2.53. The molecule has 0 saturated heterocycles. The van der Waals surface area contributed by atoms with E-state index in [4.69, 9.17) is 5.73 Å². The lowest BCUT2D eigenvalue weighted by atomic mass is 10.1. The highest BCUT2D eigenvalue weighted by Crippen LogP contribution is 2.11. The summed E-state index contributed by atoms with van der Waals surface area (Å²) in [5, 5.41) is 8.20. The third kappa shape index (κ3) is 5.46. The van der Waals surface area contributed by atoms with Crippen LogP contribution < -0.4 is 16.4 Å². The molecule has 0 aliphatic carbocycles. The first-order valence-electron chi connectivity index (χ1n) is 7.37. The van der Waals surface area contributed by atoms with Gasteiger partial charge in [0.25, 0.3) is 5.91 Å². The molecule has 0 fully saturated rings. The van der Waals surface area contributed by atoms with Gasteiger partial charge in [0.1, 0.15) is 5.69 Å². The van der Waals surface area contributed by atoms with E-state index in [0.717, 1.165) is 16.3 Å². The Kier molecular flexibility index (Phi) is 6.25. The van der Waals surface area contributed by atoms with Crippen LogP contribution in [0.25, 0.3) is 0 Å². The average molecular weight is 332 g/mol. The summed E-state index contributed by atoms with van der Waals surface area (Å²) in [6, 6.07) is 7.55. The maximum atomic E-state index is 12.0. The van der Waals surface area contributed by atoms with Gasteiger partial charge in [-0.15, -0.1) is 11.3 Å². The molecule has 0 bridgehead atoms. The Balaban J connectivity index is 1.79. The zero-order chi connectivity index (χ0) is 16.7. The highest BCUT2D eigenvalue weighted by molar-refractivity contribution is 7.09. The Morgan fingerprint density at radius 3 is 2.61 bits per heavy atom. The number of hydrogen-bond acceptors (Lipinski definition) is 5. The van der Waals surface area contributed by atoms with Gasteiger partial charge in [-0.2, -0.15) is 0 Å². The topological polar surface area (TPSA) is 97.1 Å². The molecule has 1 aromatic carbocycles. The van der Waals surface area contributed by atoms with Crippen LogP contribution in [0.3, 0.4) is 0 Å². The molecule has 2 rings (SSSR count). The van der Waals surface area contributed by atoms with Crippen LogP contribution >= 0.6 is 11.3 Å². The van der Waals surface area contributed by atoms with Crippen molar-refractivity contribution < 1.29 is 9.59 Å². The molecule has 6 nitrogen and oxygen atoms in total. The fourth-order valence-electron chi connectivity index (χ4n) is 2.02. The second kappa shape index (κ2) is 8.40. The van der Waals surface area contributed by atoms with Gasteiger partial charge in [-0.3, -0.25) is 9.59 Å². The Morgan fingerprint density at radius 1 is 1.22 bits per heavy atom. The van der Waals surface area contributed by atoms with Crippen molar-refractivity contribution in [2.75, 3.05) is 18.4 Å². The number of amides is 2. The minimum absolute atomic E-state index is 0.0951. The van der Waals surface area contributed by atoms with Crippen molar-refractivity contribution in [2.24, 2.45) is 5.73 Å². The van der Waals surface area contributed by atoms with Crippen LogP contribution in [0.15, 0.2) is 29.6 Å². The largest absolute Gasteiger partial charge is 0.350 e. The third-order valence-electron chi connectivity index (χ3n) is 3.12. The SMILES string of the molecule is CC(=O)Nc1ccc(CCNC(=O)c2csc(CCN)n2)cc1. The van der Waals surface area contributed by atoms with Crippen molar-refractivity contribution in [1.29, 1.82) is 0 Å². The van der Waals surface area contributed by atoms with Crippen LogP contribution in [0.5, 0.6) is 0 Å². The van der Waals surface area contributed by atoms with Gasteiger partial charge in [-0.25, -0.2) is 4.98 Å². The molecule has 0 saturated carbocycles. The smallest absolute Gasteiger partial charge is 0.270 e. The van der Waals surface area contributed by atoms with E-state index < -0.39 is 0 Å². The second-order valence-electron chi connectivity index (χ2n) is 5.05. The minimum atomic E-state index is -0.167. The molecule has 0 spiro atoms. The molecule has 2 amide bonds. The predicted molar refractivity (Wildman–Crippen MR) is 91.7 cm³/mol. The van der Waals surface area contributed by atoms with Gasteiger partial charge < -0.3 is 16.4 Å². The monoisotopic (exact) mass is 332 g/mol. The van der Waals surface area contributed by atoms with Crippen LogP contribution in [-0.2, 0) is 17.6 Å². The number of thiazole rings is 1.